The molecule has 0 aliphatic heterocycles. The molecular weight excluding hydrogens is 206 g/mol. The highest BCUT2D eigenvalue weighted by Gasteiger charge is 2.09. The topological polar surface area (TPSA) is 30.0 Å². The summed E-state index contributed by atoms with van der Waals surface area (Å²) in [6.07, 6.45) is 0.821. The van der Waals surface area contributed by atoms with E-state index in [2.05, 4.69) is 11.1 Å². The van der Waals surface area contributed by atoms with Gasteiger partial charge in [-0.05, 0) is 19.4 Å². The lowest BCUT2D eigenvalue weighted by atomic mass is 10.1. The number of aldehydes is 1. The number of hydrogen-bond donors (Lipinski definition) is 0. The number of nitrogens with zero attached hydrogens (tertiary/aromatic N) is 1. The van der Waals surface area contributed by atoms with E-state index in [1.54, 1.807) is 11.3 Å². The van der Waals surface area contributed by atoms with Crippen molar-refractivity contribution in [1.29, 1.82) is 0 Å². The first-order valence-corrected chi connectivity index (χ1v) is 5.52. The summed E-state index contributed by atoms with van der Waals surface area (Å²) in [6.45, 7) is 3.95. The van der Waals surface area contributed by atoms with E-state index in [0.29, 0.717) is 5.69 Å². The van der Waals surface area contributed by atoms with Crippen LogP contribution in [0.25, 0.3) is 10.4 Å². The summed E-state index contributed by atoms with van der Waals surface area (Å²) in [4.78, 5) is 16.0. The molecule has 0 saturated carbocycles. The molecule has 0 aliphatic rings. The molecule has 2 rings (SSSR count). The second kappa shape index (κ2) is 3.95. The van der Waals surface area contributed by atoms with Crippen LogP contribution in [0.1, 0.15) is 21.1 Å². The van der Waals surface area contributed by atoms with Crippen LogP contribution in [-0.2, 0) is 0 Å². The maximum Gasteiger partial charge on any atom is 0.169 e. The molecule has 76 valence electrons. The van der Waals surface area contributed by atoms with Gasteiger partial charge in [0.25, 0.3) is 0 Å². The third kappa shape index (κ3) is 1.97. The quantitative estimate of drug-likeness (QED) is 0.723. The molecule has 1 aromatic carbocycles. The van der Waals surface area contributed by atoms with Gasteiger partial charge in [0.05, 0.1) is 9.88 Å². The number of hydrogen-bond acceptors (Lipinski definition) is 3. The minimum absolute atomic E-state index is 0.545. The molecule has 0 saturated heterocycles. The van der Waals surface area contributed by atoms with E-state index in [9.17, 15) is 4.79 Å². The summed E-state index contributed by atoms with van der Waals surface area (Å²) >= 11 is 1.56. The van der Waals surface area contributed by atoms with Gasteiger partial charge in [-0.2, -0.15) is 0 Å². The van der Waals surface area contributed by atoms with Crippen molar-refractivity contribution >= 4 is 17.6 Å². The van der Waals surface area contributed by atoms with Crippen molar-refractivity contribution < 1.29 is 4.79 Å². The number of aromatic nitrogens is 1. The maximum absolute atomic E-state index is 10.8. The van der Waals surface area contributed by atoms with E-state index in [-0.39, 0.29) is 0 Å². The minimum atomic E-state index is 0.545. The summed E-state index contributed by atoms with van der Waals surface area (Å²) in [7, 11) is 0. The Kier molecular flexibility index (Phi) is 2.64. The summed E-state index contributed by atoms with van der Waals surface area (Å²) in [5.74, 6) is 0. The minimum Gasteiger partial charge on any atom is -0.296 e. The SMILES string of the molecule is Cc1cccc(-c2sc(C)nc2C=O)c1. The molecule has 0 unspecified atom stereocenters. The molecule has 2 nitrogen and oxygen atoms in total. The maximum atomic E-state index is 10.8. The molecule has 0 aliphatic carbocycles. The highest BCUT2D eigenvalue weighted by molar-refractivity contribution is 7.15. The van der Waals surface area contributed by atoms with Crippen LogP contribution in [-0.4, -0.2) is 11.3 Å². The lowest BCUT2D eigenvalue weighted by molar-refractivity contribution is 0.112. The van der Waals surface area contributed by atoms with E-state index in [1.165, 1.54) is 5.56 Å². The molecule has 0 bridgehead atoms. The van der Waals surface area contributed by atoms with Gasteiger partial charge in [-0.1, -0.05) is 29.8 Å². The first-order valence-electron chi connectivity index (χ1n) is 4.70. The average molecular weight is 217 g/mol. The zero-order valence-electron chi connectivity index (χ0n) is 8.65. The van der Waals surface area contributed by atoms with Crippen LogP contribution >= 0.6 is 11.3 Å². The second-order valence-electron chi connectivity index (χ2n) is 3.43. The Morgan fingerprint density at radius 2 is 2.13 bits per heavy atom. The third-order valence-electron chi connectivity index (χ3n) is 2.15. The lowest BCUT2D eigenvalue weighted by Gasteiger charge is -1.99. The fourth-order valence-electron chi connectivity index (χ4n) is 1.52. The van der Waals surface area contributed by atoms with E-state index in [1.807, 2.05) is 32.0 Å². The van der Waals surface area contributed by atoms with Crippen LogP contribution in [0.5, 0.6) is 0 Å². The van der Waals surface area contributed by atoms with Crippen LogP contribution in [0.4, 0.5) is 0 Å². The van der Waals surface area contributed by atoms with Crippen molar-refractivity contribution in [3.05, 3.63) is 40.5 Å². The Labute approximate surface area is 92.6 Å². The molecule has 0 N–H and O–H groups in total. The van der Waals surface area contributed by atoms with Gasteiger partial charge in [0, 0.05) is 0 Å². The molecule has 0 spiro atoms. The average Bonchev–Trinajstić information content (AvgIpc) is 2.59. The predicted octanol–water partition coefficient (Wildman–Crippen LogP) is 3.24. The number of benzene rings is 1. The Bertz CT molecular complexity index is 502. The van der Waals surface area contributed by atoms with Crippen molar-refractivity contribution in [3.8, 4) is 10.4 Å². The van der Waals surface area contributed by atoms with Crippen LogP contribution in [0.2, 0.25) is 0 Å². The molecule has 3 heteroatoms. The Morgan fingerprint density at radius 1 is 1.33 bits per heavy atom. The van der Waals surface area contributed by atoms with Crippen molar-refractivity contribution in [2.24, 2.45) is 0 Å². The van der Waals surface area contributed by atoms with Crippen molar-refractivity contribution in [2.75, 3.05) is 0 Å². The second-order valence-corrected chi connectivity index (χ2v) is 4.64. The highest BCUT2D eigenvalue weighted by Crippen LogP contribution is 2.29. The Morgan fingerprint density at radius 3 is 2.80 bits per heavy atom. The first kappa shape index (κ1) is 10.1. The molecule has 1 heterocycles. The number of carbonyl (C=O) groups excluding carboxylic acids is 1. The Balaban J connectivity index is 2.57. The summed E-state index contributed by atoms with van der Waals surface area (Å²) in [6, 6.07) is 8.11. The zero-order chi connectivity index (χ0) is 10.8. The molecule has 1 aromatic heterocycles. The molecule has 0 radical (unpaired) electrons. The van der Waals surface area contributed by atoms with Gasteiger partial charge in [-0.3, -0.25) is 4.79 Å². The fourth-order valence-corrected chi connectivity index (χ4v) is 2.40. The van der Waals surface area contributed by atoms with Gasteiger partial charge < -0.3 is 0 Å². The normalized spacial score (nSPS) is 10.3. The first-order chi connectivity index (χ1) is 7.20. The largest absolute Gasteiger partial charge is 0.296 e. The number of aryl methyl sites for hydroxylation is 2. The van der Waals surface area contributed by atoms with Gasteiger partial charge in [0.1, 0.15) is 5.69 Å². The zero-order valence-corrected chi connectivity index (χ0v) is 9.47. The van der Waals surface area contributed by atoms with E-state index >= 15 is 0 Å². The molecule has 15 heavy (non-hydrogen) atoms. The van der Waals surface area contributed by atoms with Crippen LogP contribution in [0.15, 0.2) is 24.3 Å². The Hall–Kier alpha value is -1.48. The molecule has 2 aromatic rings. The monoisotopic (exact) mass is 217 g/mol. The van der Waals surface area contributed by atoms with Crippen LogP contribution in [0.3, 0.4) is 0 Å². The van der Waals surface area contributed by atoms with Gasteiger partial charge in [0.2, 0.25) is 0 Å². The van der Waals surface area contributed by atoms with Gasteiger partial charge in [-0.15, -0.1) is 11.3 Å². The van der Waals surface area contributed by atoms with Crippen molar-refractivity contribution in [3.63, 3.8) is 0 Å². The standard InChI is InChI=1S/C12H11NOS/c1-8-4-3-5-10(6-8)12-11(7-14)13-9(2)15-12/h3-7H,1-2H3. The predicted molar refractivity (Wildman–Crippen MR) is 62.4 cm³/mol. The van der Waals surface area contributed by atoms with Crippen molar-refractivity contribution in [1.82, 2.24) is 4.98 Å². The smallest absolute Gasteiger partial charge is 0.169 e. The highest BCUT2D eigenvalue weighted by atomic mass is 32.1. The third-order valence-corrected chi connectivity index (χ3v) is 3.19. The summed E-state index contributed by atoms with van der Waals surface area (Å²) < 4.78 is 0. The fraction of sp³-hybridized carbons (Fsp3) is 0.167. The number of carbonyl (C=O) groups is 1. The molecule has 0 amide bonds. The lowest BCUT2D eigenvalue weighted by Crippen LogP contribution is -1.84. The van der Waals surface area contributed by atoms with E-state index in [0.717, 1.165) is 21.7 Å². The summed E-state index contributed by atoms with van der Waals surface area (Å²) in [5, 5.41) is 0.925. The van der Waals surface area contributed by atoms with E-state index in [4.69, 9.17) is 0 Å². The van der Waals surface area contributed by atoms with Gasteiger partial charge in [0.15, 0.2) is 6.29 Å². The van der Waals surface area contributed by atoms with E-state index < -0.39 is 0 Å². The number of rotatable bonds is 2. The van der Waals surface area contributed by atoms with Gasteiger partial charge in [-0.25, -0.2) is 4.98 Å². The molecular formula is C12H11NOS. The summed E-state index contributed by atoms with van der Waals surface area (Å²) in [5.41, 5.74) is 2.81. The van der Waals surface area contributed by atoms with Gasteiger partial charge >= 0.3 is 0 Å². The molecule has 0 atom stereocenters. The van der Waals surface area contributed by atoms with Crippen molar-refractivity contribution in [2.45, 2.75) is 13.8 Å². The van der Waals surface area contributed by atoms with Crippen LogP contribution < -0.4 is 0 Å². The van der Waals surface area contributed by atoms with Crippen LogP contribution in [0, 0.1) is 13.8 Å². The molecule has 0 fully saturated rings. The number of thiazole rings is 1.